The largest absolute Gasteiger partial charge is 0.394 e. The molecule has 0 aromatic carbocycles. The summed E-state index contributed by atoms with van der Waals surface area (Å²) in [6.45, 7) is 9.95. The number of hydrogen-bond donors (Lipinski definition) is 1. The molecule has 2 aromatic heterocycles. The quantitative estimate of drug-likeness (QED) is 0.923. The predicted molar refractivity (Wildman–Crippen MR) is 95.0 cm³/mol. The lowest BCUT2D eigenvalue weighted by Crippen LogP contribution is -2.56. The highest BCUT2D eigenvalue weighted by molar-refractivity contribution is 5.56. The summed E-state index contributed by atoms with van der Waals surface area (Å²) in [6, 6.07) is 5.91. The van der Waals surface area contributed by atoms with Gasteiger partial charge in [0.05, 0.1) is 6.61 Å². The second-order valence-corrected chi connectivity index (χ2v) is 6.88. The Hall–Kier alpha value is -2.05. The summed E-state index contributed by atoms with van der Waals surface area (Å²) in [4.78, 5) is 18.1. The standard InChI is InChI=1S/C18H25N5O/c1-14-11-16(21-17(20-14)15-5-4-6-19-12-15)22-7-9-23(10-8-22)18(2,3)13-24/h4-6,11-12,24H,7-10,13H2,1-3H3. The van der Waals surface area contributed by atoms with Crippen molar-refractivity contribution in [2.75, 3.05) is 37.7 Å². The van der Waals surface area contributed by atoms with Gasteiger partial charge >= 0.3 is 0 Å². The van der Waals surface area contributed by atoms with Crippen LogP contribution in [0.25, 0.3) is 11.4 Å². The van der Waals surface area contributed by atoms with E-state index in [1.807, 2.05) is 25.1 Å². The van der Waals surface area contributed by atoms with Gasteiger partial charge in [-0.3, -0.25) is 9.88 Å². The number of aliphatic hydroxyl groups excluding tert-OH is 1. The fraction of sp³-hybridized carbons (Fsp3) is 0.500. The van der Waals surface area contributed by atoms with E-state index in [0.29, 0.717) is 0 Å². The van der Waals surface area contributed by atoms with Crippen molar-refractivity contribution >= 4 is 5.82 Å². The van der Waals surface area contributed by atoms with Crippen molar-refractivity contribution < 1.29 is 5.11 Å². The van der Waals surface area contributed by atoms with Crippen LogP contribution >= 0.6 is 0 Å². The Bertz CT molecular complexity index is 681. The molecule has 0 saturated carbocycles. The minimum atomic E-state index is -0.172. The number of aliphatic hydroxyl groups is 1. The second kappa shape index (κ2) is 6.83. The fourth-order valence-corrected chi connectivity index (χ4v) is 2.98. The zero-order valence-electron chi connectivity index (χ0n) is 14.6. The maximum atomic E-state index is 9.55. The van der Waals surface area contributed by atoms with E-state index in [2.05, 4.69) is 33.6 Å². The molecule has 1 saturated heterocycles. The number of rotatable bonds is 4. The number of aryl methyl sites for hydroxylation is 1. The van der Waals surface area contributed by atoms with Crippen LogP contribution in [0.2, 0.25) is 0 Å². The molecule has 1 aliphatic rings. The van der Waals surface area contributed by atoms with Gasteiger partial charge in [0.2, 0.25) is 0 Å². The average molecular weight is 327 g/mol. The first-order valence-corrected chi connectivity index (χ1v) is 8.36. The van der Waals surface area contributed by atoms with Gasteiger partial charge in [0.25, 0.3) is 0 Å². The molecular formula is C18H25N5O. The Balaban J connectivity index is 1.78. The monoisotopic (exact) mass is 327 g/mol. The molecule has 6 nitrogen and oxygen atoms in total. The highest BCUT2D eigenvalue weighted by atomic mass is 16.3. The second-order valence-electron chi connectivity index (χ2n) is 6.88. The van der Waals surface area contributed by atoms with Crippen LogP contribution < -0.4 is 4.90 Å². The van der Waals surface area contributed by atoms with Gasteiger partial charge in [-0.05, 0) is 32.9 Å². The third kappa shape index (κ3) is 3.55. The van der Waals surface area contributed by atoms with Gasteiger partial charge in [0.15, 0.2) is 5.82 Å². The Labute approximate surface area is 143 Å². The minimum Gasteiger partial charge on any atom is -0.394 e. The van der Waals surface area contributed by atoms with Crippen molar-refractivity contribution in [3.05, 3.63) is 36.3 Å². The van der Waals surface area contributed by atoms with E-state index in [-0.39, 0.29) is 12.1 Å². The summed E-state index contributed by atoms with van der Waals surface area (Å²) in [5.74, 6) is 1.68. The molecule has 6 heteroatoms. The summed E-state index contributed by atoms with van der Waals surface area (Å²) in [6.07, 6.45) is 3.54. The Morgan fingerprint density at radius 2 is 1.92 bits per heavy atom. The smallest absolute Gasteiger partial charge is 0.163 e. The molecule has 128 valence electrons. The summed E-state index contributed by atoms with van der Waals surface area (Å²) < 4.78 is 0. The SMILES string of the molecule is Cc1cc(N2CCN(C(C)(C)CO)CC2)nc(-c2cccnc2)n1. The third-order valence-corrected chi connectivity index (χ3v) is 4.61. The maximum Gasteiger partial charge on any atom is 0.163 e. The molecule has 0 atom stereocenters. The van der Waals surface area contributed by atoms with E-state index in [9.17, 15) is 5.11 Å². The van der Waals surface area contributed by atoms with Crippen molar-refractivity contribution in [1.82, 2.24) is 19.9 Å². The normalized spacial score (nSPS) is 16.4. The van der Waals surface area contributed by atoms with Gasteiger partial charge in [-0.2, -0.15) is 0 Å². The molecule has 0 unspecified atom stereocenters. The number of anilines is 1. The molecule has 2 aromatic rings. The van der Waals surface area contributed by atoms with Gasteiger partial charge in [0.1, 0.15) is 5.82 Å². The number of hydrogen-bond acceptors (Lipinski definition) is 6. The first kappa shape index (κ1) is 16.8. The van der Waals surface area contributed by atoms with E-state index >= 15 is 0 Å². The van der Waals surface area contributed by atoms with Crippen LogP contribution in [0, 0.1) is 6.92 Å². The van der Waals surface area contributed by atoms with Crippen LogP contribution in [0.4, 0.5) is 5.82 Å². The number of pyridine rings is 1. The molecule has 1 fully saturated rings. The Morgan fingerprint density at radius 3 is 2.54 bits per heavy atom. The molecule has 0 bridgehead atoms. The highest BCUT2D eigenvalue weighted by Gasteiger charge is 2.29. The minimum absolute atomic E-state index is 0.171. The van der Waals surface area contributed by atoms with Crippen molar-refractivity contribution in [2.45, 2.75) is 26.3 Å². The van der Waals surface area contributed by atoms with Gasteiger partial charge < -0.3 is 10.0 Å². The van der Waals surface area contributed by atoms with Crippen LogP contribution in [-0.2, 0) is 0 Å². The van der Waals surface area contributed by atoms with E-state index in [4.69, 9.17) is 4.98 Å². The van der Waals surface area contributed by atoms with Crippen LogP contribution in [0.5, 0.6) is 0 Å². The molecule has 0 amide bonds. The molecule has 24 heavy (non-hydrogen) atoms. The number of nitrogens with zero attached hydrogens (tertiary/aromatic N) is 5. The first-order valence-electron chi connectivity index (χ1n) is 8.36. The van der Waals surface area contributed by atoms with Crippen molar-refractivity contribution in [3.8, 4) is 11.4 Å². The Morgan fingerprint density at radius 1 is 1.17 bits per heavy atom. The van der Waals surface area contributed by atoms with Gasteiger partial charge in [-0.15, -0.1) is 0 Å². The van der Waals surface area contributed by atoms with Crippen LogP contribution in [0.3, 0.4) is 0 Å². The van der Waals surface area contributed by atoms with Crippen molar-refractivity contribution in [1.29, 1.82) is 0 Å². The number of piperazine rings is 1. The molecule has 0 aliphatic carbocycles. The molecule has 3 rings (SSSR count). The summed E-state index contributed by atoms with van der Waals surface area (Å²) >= 11 is 0. The van der Waals surface area contributed by atoms with E-state index in [1.54, 1.807) is 12.4 Å². The van der Waals surface area contributed by atoms with Crippen molar-refractivity contribution in [2.24, 2.45) is 0 Å². The molecule has 3 heterocycles. The third-order valence-electron chi connectivity index (χ3n) is 4.61. The first-order chi connectivity index (χ1) is 11.5. The van der Waals surface area contributed by atoms with Gasteiger partial charge in [0, 0.05) is 61.4 Å². The lowest BCUT2D eigenvalue weighted by Gasteiger charge is -2.43. The lowest BCUT2D eigenvalue weighted by atomic mass is 10.0. The topological polar surface area (TPSA) is 65.4 Å². The summed E-state index contributed by atoms with van der Waals surface area (Å²) in [5, 5.41) is 9.55. The predicted octanol–water partition coefficient (Wildman–Crippen LogP) is 1.74. The maximum absolute atomic E-state index is 9.55. The van der Waals surface area contributed by atoms with Gasteiger partial charge in [-0.1, -0.05) is 0 Å². The molecular weight excluding hydrogens is 302 g/mol. The van der Waals surface area contributed by atoms with Crippen LogP contribution in [0.1, 0.15) is 19.5 Å². The van der Waals surface area contributed by atoms with E-state index < -0.39 is 0 Å². The van der Waals surface area contributed by atoms with E-state index in [1.165, 1.54) is 0 Å². The molecule has 0 spiro atoms. The zero-order chi connectivity index (χ0) is 17.2. The molecule has 0 radical (unpaired) electrons. The van der Waals surface area contributed by atoms with E-state index in [0.717, 1.165) is 49.1 Å². The van der Waals surface area contributed by atoms with Gasteiger partial charge in [-0.25, -0.2) is 9.97 Å². The lowest BCUT2D eigenvalue weighted by molar-refractivity contribution is 0.0526. The molecule has 1 aliphatic heterocycles. The summed E-state index contributed by atoms with van der Waals surface area (Å²) in [7, 11) is 0. The van der Waals surface area contributed by atoms with Crippen LogP contribution in [-0.4, -0.2) is 63.3 Å². The summed E-state index contributed by atoms with van der Waals surface area (Å²) in [5.41, 5.74) is 1.72. The Kier molecular flexibility index (Phi) is 4.78. The van der Waals surface area contributed by atoms with Crippen LogP contribution in [0.15, 0.2) is 30.6 Å². The van der Waals surface area contributed by atoms with Crippen molar-refractivity contribution in [3.63, 3.8) is 0 Å². The fourth-order valence-electron chi connectivity index (χ4n) is 2.98. The average Bonchev–Trinajstić information content (AvgIpc) is 2.62. The number of aromatic nitrogens is 3. The highest BCUT2D eigenvalue weighted by Crippen LogP contribution is 2.22. The molecule has 1 N–H and O–H groups in total. The zero-order valence-corrected chi connectivity index (χ0v) is 14.6.